The molecule has 1 N–H and O–H groups in total. The third-order valence-corrected chi connectivity index (χ3v) is 5.42. The Morgan fingerprint density at radius 3 is 2.21 bits per heavy atom. The molecule has 4 aromatic rings. The molecule has 0 atom stereocenters. The highest BCUT2D eigenvalue weighted by Crippen LogP contribution is 2.31. The number of rotatable bonds is 9. The minimum atomic E-state index is -0.625. The van der Waals surface area contributed by atoms with Gasteiger partial charge in [-0.3, -0.25) is 25.0 Å². The summed E-state index contributed by atoms with van der Waals surface area (Å²) in [4.78, 5) is 34.1. The molecule has 11 nitrogen and oxygen atoms in total. The first kappa shape index (κ1) is 25.9. The number of benzene rings is 3. The molecular formula is C27H23N3O8. The molecule has 1 heterocycles. The van der Waals surface area contributed by atoms with Crippen LogP contribution >= 0.6 is 0 Å². The second kappa shape index (κ2) is 10.8. The molecule has 0 unspecified atom stereocenters. The Morgan fingerprint density at radius 2 is 1.55 bits per heavy atom. The summed E-state index contributed by atoms with van der Waals surface area (Å²) in [6.45, 7) is 5.41. The predicted molar refractivity (Wildman–Crippen MR) is 138 cm³/mol. The number of aryl methyl sites for hydroxylation is 3. The molecule has 1 amide bonds. The number of carbonyl (C=O) groups is 1. The van der Waals surface area contributed by atoms with Crippen molar-refractivity contribution in [3.63, 3.8) is 0 Å². The number of anilines is 1. The minimum absolute atomic E-state index is 0.0157. The zero-order valence-corrected chi connectivity index (χ0v) is 20.7. The number of nitro groups is 2. The summed E-state index contributed by atoms with van der Waals surface area (Å²) in [6, 6.07) is 16.9. The lowest BCUT2D eigenvalue weighted by Gasteiger charge is -2.10. The number of hydrogen-bond donors (Lipinski definition) is 1. The average Bonchev–Trinajstić information content (AvgIpc) is 3.31. The van der Waals surface area contributed by atoms with Crippen molar-refractivity contribution < 1.29 is 28.5 Å². The van der Waals surface area contributed by atoms with E-state index in [-0.39, 0.29) is 35.2 Å². The minimum Gasteiger partial charge on any atom is -0.486 e. The van der Waals surface area contributed by atoms with E-state index in [1.165, 1.54) is 42.5 Å². The second-order valence-electron chi connectivity index (χ2n) is 8.61. The van der Waals surface area contributed by atoms with Gasteiger partial charge in [0.1, 0.15) is 29.6 Å². The van der Waals surface area contributed by atoms with Crippen molar-refractivity contribution in [1.29, 1.82) is 0 Å². The van der Waals surface area contributed by atoms with E-state index < -0.39 is 15.8 Å². The van der Waals surface area contributed by atoms with Gasteiger partial charge in [-0.1, -0.05) is 6.07 Å². The molecule has 11 heteroatoms. The van der Waals surface area contributed by atoms with Crippen molar-refractivity contribution in [2.75, 3.05) is 5.32 Å². The first-order valence-electron chi connectivity index (χ1n) is 11.4. The fraction of sp³-hybridized carbons (Fsp3) is 0.148. The molecule has 0 bridgehead atoms. The van der Waals surface area contributed by atoms with Crippen LogP contribution in [0, 0.1) is 41.0 Å². The van der Waals surface area contributed by atoms with Gasteiger partial charge in [0, 0.05) is 23.8 Å². The largest absolute Gasteiger partial charge is 0.486 e. The number of hydrogen-bond acceptors (Lipinski definition) is 8. The van der Waals surface area contributed by atoms with Crippen molar-refractivity contribution in [2.45, 2.75) is 27.4 Å². The Balaban J connectivity index is 1.45. The standard InChI is InChI=1S/C27H23N3O8/c1-16-8-17(2)10-23(9-16)37-24-13-19(12-20(14-24)29(32)33)28-27(31)26-7-5-22(38-26)15-36-21-4-6-25(30(34)35)18(3)11-21/h4-14H,15H2,1-3H3,(H,28,31). The van der Waals surface area contributed by atoms with E-state index >= 15 is 0 Å². The second-order valence-corrected chi connectivity index (χ2v) is 8.61. The summed E-state index contributed by atoms with van der Waals surface area (Å²) < 4.78 is 17.0. The smallest absolute Gasteiger partial charge is 0.291 e. The number of ether oxygens (including phenoxy) is 2. The maximum atomic E-state index is 12.8. The first-order chi connectivity index (χ1) is 18.1. The van der Waals surface area contributed by atoms with E-state index in [0.29, 0.717) is 22.8 Å². The SMILES string of the molecule is Cc1cc(C)cc(Oc2cc(NC(=O)c3ccc(COc4ccc([N+](=O)[O-])c(C)c4)o3)cc([N+](=O)[O-])c2)c1. The van der Waals surface area contributed by atoms with Crippen LogP contribution in [0.25, 0.3) is 0 Å². The maximum Gasteiger partial charge on any atom is 0.291 e. The molecule has 0 aliphatic heterocycles. The summed E-state index contributed by atoms with van der Waals surface area (Å²) in [5.74, 6) is 0.783. The Hall–Kier alpha value is -5.19. The van der Waals surface area contributed by atoms with E-state index in [4.69, 9.17) is 13.9 Å². The van der Waals surface area contributed by atoms with Gasteiger partial charge in [0.15, 0.2) is 5.76 Å². The Labute approximate surface area is 216 Å². The van der Waals surface area contributed by atoms with E-state index in [1.54, 1.807) is 25.1 Å². The number of carbonyl (C=O) groups excluding carboxylic acids is 1. The van der Waals surface area contributed by atoms with Crippen LogP contribution in [0.1, 0.15) is 33.0 Å². The van der Waals surface area contributed by atoms with Gasteiger partial charge in [-0.25, -0.2) is 0 Å². The van der Waals surface area contributed by atoms with Gasteiger partial charge in [-0.2, -0.15) is 0 Å². The van der Waals surface area contributed by atoms with Gasteiger partial charge >= 0.3 is 0 Å². The van der Waals surface area contributed by atoms with E-state index in [1.807, 2.05) is 19.9 Å². The lowest BCUT2D eigenvalue weighted by molar-refractivity contribution is -0.385. The van der Waals surface area contributed by atoms with Crippen LogP contribution in [-0.4, -0.2) is 15.8 Å². The zero-order chi connectivity index (χ0) is 27.4. The summed E-state index contributed by atoms with van der Waals surface area (Å²) in [5.41, 5.74) is 2.27. The topological polar surface area (TPSA) is 147 Å². The van der Waals surface area contributed by atoms with Crippen LogP contribution in [0.2, 0.25) is 0 Å². The highest BCUT2D eigenvalue weighted by molar-refractivity contribution is 6.02. The monoisotopic (exact) mass is 517 g/mol. The van der Waals surface area contributed by atoms with Crippen molar-refractivity contribution in [3.05, 3.63) is 115 Å². The van der Waals surface area contributed by atoms with Crippen LogP contribution < -0.4 is 14.8 Å². The molecule has 0 aliphatic rings. The van der Waals surface area contributed by atoms with Crippen LogP contribution in [-0.2, 0) is 6.61 Å². The highest BCUT2D eigenvalue weighted by Gasteiger charge is 2.17. The average molecular weight is 517 g/mol. The molecule has 1 aromatic heterocycles. The fourth-order valence-electron chi connectivity index (χ4n) is 3.80. The molecule has 0 fully saturated rings. The van der Waals surface area contributed by atoms with Crippen molar-refractivity contribution in [2.24, 2.45) is 0 Å². The molecule has 0 aliphatic carbocycles. The molecule has 0 saturated carbocycles. The van der Waals surface area contributed by atoms with E-state index in [2.05, 4.69) is 5.32 Å². The van der Waals surface area contributed by atoms with Crippen LogP contribution in [0.3, 0.4) is 0 Å². The molecular weight excluding hydrogens is 494 g/mol. The molecule has 4 rings (SSSR count). The lowest BCUT2D eigenvalue weighted by Crippen LogP contribution is -2.11. The van der Waals surface area contributed by atoms with Crippen LogP contribution in [0.5, 0.6) is 17.2 Å². The van der Waals surface area contributed by atoms with Gasteiger partial charge in [0.2, 0.25) is 0 Å². The normalized spacial score (nSPS) is 10.6. The number of nitro benzene ring substituents is 2. The third kappa shape index (κ3) is 6.32. The Kier molecular flexibility index (Phi) is 7.38. The summed E-state index contributed by atoms with van der Waals surface area (Å²) in [7, 11) is 0. The number of nitrogens with one attached hydrogen (secondary N) is 1. The first-order valence-corrected chi connectivity index (χ1v) is 11.4. The van der Waals surface area contributed by atoms with E-state index in [0.717, 1.165) is 11.1 Å². The Bertz CT molecular complexity index is 1520. The summed E-state index contributed by atoms with van der Waals surface area (Å²) in [5, 5.41) is 25.0. The quantitative estimate of drug-likeness (QED) is 0.192. The van der Waals surface area contributed by atoms with Crippen molar-refractivity contribution in [3.8, 4) is 17.2 Å². The molecule has 0 radical (unpaired) electrons. The molecule has 38 heavy (non-hydrogen) atoms. The maximum absolute atomic E-state index is 12.8. The van der Waals surface area contributed by atoms with E-state index in [9.17, 15) is 25.0 Å². The number of amides is 1. The highest BCUT2D eigenvalue weighted by atomic mass is 16.6. The molecule has 3 aromatic carbocycles. The van der Waals surface area contributed by atoms with Gasteiger partial charge < -0.3 is 19.2 Å². The molecule has 0 saturated heterocycles. The molecule has 194 valence electrons. The summed E-state index contributed by atoms with van der Waals surface area (Å²) >= 11 is 0. The van der Waals surface area contributed by atoms with Crippen LogP contribution in [0.4, 0.5) is 17.1 Å². The predicted octanol–water partition coefficient (Wildman–Crippen LogP) is 6.64. The van der Waals surface area contributed by atoms with Crippen molar-refractivity contribution >= 4 is 23.0 Å². The third-order valence-electron chi connectivity index (χ3n) is 5.42. The van der Waals surface area contributed by atoms with Crippen LogP contribution in [0.15, 0.2) is 71.1 Å². The molecule has 0 spiro atoms. The fourth-order valence-corrected chi connectivity index (χ4v) is 3.80. The number of non-ortho nitro benzene ring substituents is 1. The van der Waals surface area contributed by atoms with Gasteiger partial charge in [0.05, 0.1) is 21.6 Å². The van der Waals surface area contributed by atoms with Gasteiger partial charge in [-0.15, -0.1) is 0 Å². The lowest BCUT2D eigenvalue weighted by atomic mass is 10.1. The number of nitrogens with zero attached hydrogens (tertiary/aromatic N) is 2. The van der Waals surface area contributed by atoms with Gasteiger partial charge in [0.25, 0.3) is 17.3 Å². The van der Waals surface area contributed by atoms with Gasteiger partial charge in [-0.05, 0) is 68.3 Å². The Morgan fingerprint density at radius 1 is 0.842 bits per heavy atom. The van der Waals surface area contributed by atoms with Crippen molar-refractivity contribution in [1.82, 2.24) is 0 Å². The summed E-state index contributed by atoms with van der Waals surface area (Å²) in [6.07, 6.45) is 0. The zero-order valence-electron chi connectivity index (χ0n) is 20.7. The number of furan rings is 1.